The fraction of sp³-hybridized carbons (Fsp3) is 0.571. The molecule has 0 aliphatic heterocycles. The van der Waals surface area contributed by atoms with Crippen molar-refractivity contribution in [2.75, 3.05) is 13.2 Å². The average molecular weight is 289 g/mol. The van der Waals surface area contributed by atoms with E-state index >= 15 is 0 Å². The molecular formula is C14H21F2NO3. The van der Waals surface area contributed by atoms with Crippen LogP contribution in [0, 0.1) is 0 Å². The Balaban J connectivity index is 2.74. The molecule has 0 aliphatic carbocycles. The Kier molecular flexibility index (Phi) is 6.32. The second-order valence-electron chi connectivity index (χ2n) is 4.76. The fourth-order valence-corrected chi connectivity index (χ4v) is 1.95. The number of ether oxygens (including phenoxy) is 1. The molecule has 0 saturated carbocycles. The molecule has 1 aromatic carbocycles. The number of hydrogen-bond acceptors (Lipinski definition) is 4. The number of rotatable bonds is 8. The van der Waals surface area contributed by atoms with Crippen molar-refractivity contribution in [1.29, 1.82) is 0 Å². The Labute approximate surface area is 117 Å². The average Bonchev–Trinajstić information content (AvgIpc) is 2.45. The number of nitrogens with one attached hydrogen (secondary N) is 1. The Bertz CT molecular complexity index is 386. The van der Waals surface area contributed by atoms with Crippen LogP contribution in [0.5, 0.6) is 5.75 Å². The second-order valence-corrected chi connectivity index (χ2v) is 4.76. The molecule has 0 saturated heterocycles. The van der Waals surface area contributed by atoms with E-state index in [4.69, 9.17) is 0 Å². The van der Waals surface area contributed by atoms with E-state index in [1.54, 1.807) is 12.1 Å². The zero-order chi connectivity index (χ0) is 15.2. The fourth-order valence-electron chi connectivity index (χ4n) is 1.95. The highest BCUT2D eigenvalue weighted by Crippen LogP contribution is 2.22. The zero-order valence-electron chi connectivity index (χ0n) is 11.6. The summed E-state index contributed by atoms with van der Waals surface area (Å²) in [6.45, 7) is 0.533. The van der Waals surface area contributed by atoms with Gasteiger partial charge in [-0.25, -0.2) is 0 Å². The van der Waals surface area contributed by atoms with Crippen molar-refractivity contribution in [1.82, 2.24) is 5.32 Å². The lowest BCUT2D eigenvalue weighted by Crippen LogP contribution is -2.52. The highest BCUT2D eigenvalue weighted by atomic mass is 19.3. The molecule has 114 valence electrons. The Hall–Kier alpha value is -1.24. The molecule has 0 radical (unpaired) electrons. The molecule has 0 heterocycles. The van der Waals surface area contributed by atoms with Gasteiger partial charge in [0.2, 0.25) is 0 Å². The summed E-state index contributed by atoms with van der Waals surface area (Å²) in [7, 11) is 0. The minimum Gasteiger partial charge on any atom is -0.435 e. The van der Waals surface area contributed by atoms with E-state index in [1.807, 2.05) is 13.8 Å². The lowest BCUT2D eigenvalue weighted by atomic mass is 9.95. The van der Waals surface area contributed by atoms with Crippen LogP contribution in [0.2, 0.25) is 0 Å². The van der Waals surface area contributed by atoms with E-state index < -0.39 is 12.2 Å². The van der Waals surface area contributed by atoms with Crippen LogP contribution in [0.1, 0.15) is 31.9 Å². The largest absolute Gasteiger partial charge is 0.435 e. The molecule has 6 heteroatoms. The first-order valence-electron chi connectivity index (χ1n) is 6.50. The molecular weight excluding hydrogens is 268 g/mol. The monoisotopic (exact) mass is 289 g/mol. The summed E-state index contributed by atoms with van der Waals surface area (Å²) in [6.07, 6.45) is 0.566. The minimum absolute atomic E-state index is 0.0991. The van der Waals surface area contributed by atoms with E-state index in [1.165, 1.54) is 12.1 Å². The topological polar surface area (TPSA) is 61.7 Å². The van der Waals surface area contributed by atoms with Crippen LogP contribution in [0.15, 0.2) is 24.3 Å². The lowest BCUT2D eigenvalue weighted by molar-refractivity contribution is -0.0498. The maximum atomic E-state index is 12.0. The molecule has 0 spiro atoms. The van der Waals surface area contributed by atoms with Crippen LogP contribution in [0.4, 0.5) is 8.78 Å². The van der Waals surface area contributed by atoms with Gasteiger partial charge < -0.3 is 20.3 Å². The molecule has 1 aromatic rings. The molecule has 0 fully saturated rings. The van der Waals surface area contributed by atoms with Crippen LogP contribution in [0.3, 0.4) is 0 Å². The van der Waals surface area contributed by atoms with Crippen molar-refractivity contribution in [2.45, 2.75) is 38.5 Å². The Morgan fingerprint density at radius 2 is 1.75 bits per heavy atom. The third kappa shape index (κ3) is 4.40. The van der Waals surface area contributed by atoms with Gasteiger partial charge in [-0.2, -0.15) is 8.78 Å². The number of hydrogen-bond donors (Lipinski definition) is 3. The van der Waals surface area contributed by atoms with E-state index in [0.717, 1.165) is 5.56 Å². The predicted molar refractivity (Wildman–Crippen MR) is 71.8 cm³/mol. The predicted octanol–water partition coefficient (Wildman–Crippen LogP) is 2.07. The number of halogens is 2. The van der Waals surface area contributed by atoms with E-state index in [-0.39, 0.29) is 25.0 Å². The molecule has 3 N–H and O–H groups in total. The zero-order valence-corrected chi connectivity index (χ0v) is 11.6. The summed E-state index contributed by atoms with van der Waals surface area (Å²) in [5, 5.41) is 21.9. The van der Waals surface area contributed by atoms with Gasteiger partial charge in [0.25, 0.3) is 0 Å². The van der Waals surface area contributed by atoms with Crippen molar-refractivity contribution in [3.8, 4) is 5.75 Å². The maximum Gasteiger partial charge on any atom is 0.387 e. The number of aliphatic hydroxyl groups is 2. The van der Waals surface area contributed by atoms with E-state index in [2.05, 4.69) is 10.1 Å². The third-order valence-electron chi connectivity index (χ3n) is 3.41. The Morgan fingerprint density at radius 1 is 1.20 bits per heavy atom. The first kappa shape index (κ1) is 16.8. The summed E-state index contributed by atoms with van der Waals surface area (Å²) in [5.41, 5.74) is 0.101. The van der Waals surface area contributed by atoms with Gasteiger partial charge in [0.05, 0.1) is 18.8 Å². The van der Waals surface area contributed by atoms with Gasteiger partial charge in [-0.1, -0.05) is 19.1 Å². The van der Waals surface area contributed by atoms with Crippen LogP contribution < -0.4 is 10.1 Å². The van der Waals surface area contributed by atoms with Gasteiger partial charge in [-0.3, -0.25) is 0 Å². The normalized spacial score (nSPS) is 13.6. The molecule has 0 amide bonds. The molecule has 4 nitrogen and oxygen atoms in total. The summed E-state index contributed by atoms with van der Waals surface area (Å²) in [5.74, 6) is 0.0991. The van der Waals surface area contributed by atoms with Crippen molar-refractivity contribution in [3.63, 3.8) is 0 Å². The smallest absolute Gasteiger partial charge is 0.387 e. The first-order chi connectivity index (χ1) is 9.46. The van der Waals surface area contributed by atoms with Crippen molar-refractivity contribution >= 4 is 0 Å². The van der Waals surface area contributed by atoms with Gasteiger partial charge in [0, 0.05) is 6.04 Å². The quantitative estimate of drug-likeness (QED) is 0.685. The van der Waals surface area contributed by atoms with Gasteiger partial charge in [0.1, 0.15) is 5.75 Å². The number of benzene rings is 1. The van der Waals surface area contributed by atoms with Gasteiger partial charge in [0.15, 0.2) is 0 Å². The molecule has 0 bridgehead atoms. The molecule has 0 aromatic heterocycles. The second kappa shape index (κ2) is 7.52. The molecule has 20 heavy (non-hydrogen) atoms. The molecule has 0 aliphatic rings. The molecule has 1 rings (SSSR count). The van der Waals surface area contributed by atoms with Crippen LogP contribution >= 0.6 is 0 Å². The highest BCUT2D eigenvalue weighted by Gasteiger charge is 2.28. The van der Waals surface area contributed by atoms with Crippen molar-refractivity contribution < 1.29 is 23.7 Å². The van der Waals surface area contributed by atoms with Crippen molar-refractivity contribution in [3.05, 3.63) is 29.8 Å². The summed E-state index contributed by atoms with van der Waals surface area (Å²) >= 11 is 0. The SMILES string of the molecule is CCC(CO)(CO)NC(C)c1ccc(OC(F)F)cc1. The van der Waals surface area contributed by atoms with Gasteiger partial charge in [-0.05, 0) is 31.0 Å². The standard InChI is InChI=1S/C14H21F2NO3/c1-3-14(8-18,9-19)17-10(2)11-4-6-12(7-5-11)20-13(15)16/h4-7,10,13,17-19H,3,8-9H2,1-2H3. The summed E-state index contributed by atoms with van der Waals surface area (Å²) in [4.78, 5) is 0. The van der Waals surface area contributed by atoms with Gasteiger partial charge in [-0.15, -0.1) is 0 Å². The maximum absolute atomic E-state index is 12.0. The van der Waals surface area contributed by atoms with Crippen LogP contribution in [-0.2, 0) is 0 Å². The van der Waals surface area contributed by atoms with Gasteiger partial charge >= 0.3 is 6.61 Å². The molecule has 1 atom stereocenters. The summed E-state index contributed by atoms with van der Waals surface area (Å²) < 4.78 is 28.4. The Morgan fingerprint density at radius 3 is 2.15 bits per heavy atom. The van der Waals surface area contributed by atoms with E-state index in [9.17, 15) is 19.0 Å². The first-order valence-corrected chi connectivity index (χ1v) is 6.50. The highest BCUT2D eigenvalue weighted by molar-refractivity contribution is 5.29. The summed E-state index contributed by atoms with van der Waals surface area (Å²) in [6, 6.07) is 6.13. The number of aliphatic hydroxyl groups excluding tert-OH is 2. The minimum atomic E-state index is -2.84. The van der Waals surface area contributed by atoms with Crippen LogP contribution in [-0.4, -0.2) is 35.6 Å². The third-order valence-corrected chi connectivity index (χ3v) is 3.41. The van der Waals surface area contributed by atoms with Crippen LogP contribution in [0.25, 0.3) is 0 Å². The molecule has 1 unspecified atom stereocenters. The number of alkyl halides is 2. The van der Waals surface area contributed by atoms with E-state index in [0.29, 0.717) is 6.42 Å². The van der Waals surface area contributed by atoms with Crippen molar-refractivity contribution in [2.24, 2.45) is 0 Å². The lowest BCUT2D eigenvalue weighted by Gasteiger charge is -2.33.